The maximum atomic E-state index is 3.86. The van der Waals surface area contributed by atoms with Crippen LogP contribution < -0.4 is 5.32 Å². The van der Waals surface area contributed by atoms with E-state index in [2.05, 4.69) is 54.4 Å². The molecule has 0 spiro atoms. The van der Waals surface area contributed by atoms with Crippen molar-refractivity contribution in [2.45, 2.75) is 83.7 Å². The Morgan fingerprint density at radius 2 is 1.81 bits per heavy atom. The van der Waals surface area contributed by atoms with Crippen molar-refractivity contribution in [3.63, 3.8) is 0 Å². The number of hydrogen-bond donors (Lipinski definition) is 1. The standard InChI is InChI=1S/C25H40N2/c1-19-11-12-20(2)22(15-19)13-14-27-18-21-7-6-10-25(27)17-24(16-21)26-23-8-4-3-5-9-23/h3-5,8-9,19-22,24-26H,6-7,10-18H2,1-2H3. The summed E-state index contributed by atoms with van der Waals surface area (Å²) in [5.41, 5.74) is 1.30. The van der Waals surface area contributed by atoms with E-state index in [9.17, 15) is 0 Å². The average molecular weight is 369 g/mol. The third kappa shape index (κ3) is 5.08. The lowest BCUT2D eigenvalue weighted by atomic mass is 9.74. The Labute approximate surface area is 167 Å². The highest BCUT2D eigenvalue weighted by atomic mass is 15.2. The molecule has 1 aromatic rings. The minimum absolute atomic E-state index is 0.654. The van der Waals surface area contributed by atoms with Crippen molar-refractivity contribution in [1.82, 2.24) is 4.90 Å². The summed E-state index contributed by atoms with van der Waals surface area (Å²) in [6.45, 7) is 7.68. The lowest BCUT2D eigenvalue weighted by molar-refractivity contribution is 0.137. The molecule has 150 valence electrons. The number of anilines is 1. The van der Waals surface area contributed by atoms with Gasteiger partial charge in [0, 0.05) is 24.3 Å². The van der Waals surface area contributed by atoms with Crippen LogP contribution in [0.2, 0.25) is 0 Å². The second-order valence-corrected chi connectivity index (χ2v) is 10.1. The molecular weight excluding hydrogens is 328 g/mol. The van der Waals surface area contributed by atoms with E-state index in [0.29, 0.717) is 6.04 Å². The minimum Gasteiger partial charge on any atom is -0.382 e. The molecule has 1 saturated carbocycles. The van der Waals surface area contributed by atoms with Crippen LogP contribution in [0.1, 0.15) is 71.6 Å². The molecule has 3 fully saturated rings. The zero-order valence-electron chi connectivity index (χ0n) is 17.6. The van der Waals surface area contributed by atoms with E-state index in [1.807, 2.05) is 0 Å². The van der Waals surface area contributed by atoms with Gasteiger partial charge < -0.3 is 10.2 Å². The van der Waals surface area contributed by atoms with Crippen LogP contribution >= 0.6 is 0 Å². The summed E-state index contributed by atoms with van der Waals surface area (Å²) in [5, 5.41) is 3.86. The molecule has 2 nitrogen and oxygen atoms in total. The van der Waals surface area contributed by atoms with Gasteiger partial charge in [0.15, 0.2) is 0 Å². The van der Waals surface area contributed by atoms with Crippen LogP contribution in [-0.2, 0) is 0 Å². The molecule has 1 aromatic carbocycles. The third-order valence-corrected chi connectivity index (χ3v) is 7.89. The fourth-order valence-corrected chi connectivity index (χ4v) is 6.23. The van der Waals surface area contributed by atoms with E-state index >= 15 is 0 Å². The molecule has 3 aliphatic rings. The van der Waals surface area contributed by atoms with Gasteiger partial charge in [-0.1, -0.05) is 51.3 Å². The number of fused-ring (bicyclic) bond motifs is 3. The third-order valence-electron chi connectivity index (χ3n) is 7.89. The van der Waals surface area contributed by atoms with Crippen LogP contribution in [0.25, 0.3) is 0 Å². The van der Waals surface area contributed by atoms with Gasteiger partial charge in [-0.2, -0.15) is 0 Å². The van der Waals surface area contributed by atoms with Crippen molar-refractivity contribution in [1.29, 1.82) is 0 Å². The largest absolute Gasteiger partial charge is 0.382 e. The van der Waals surface area contributed by atoms with E-state index in [1.54, 1.807) is 0 Å². The highest BCUT2D eigenvalue weighted by Gasteiger charge is 2.34. The van der Waals surface area contributed by atoms with Gasteiger partial charge in [0.25, 0.3) is 0 Å². The Bertz CT molecular complexity index is 571. The fourth-order valence-electron chi connectivity index (χ4n) is 6.23. The van der Waals surface area contributed by atoms with Gasteiger partial charge in [-0.3, -0.25) is 0 Å². The van der Waals surface area contributed by atoms with Crippen LogP contribution in [0.15, 0.2) is 30.3 Å². The zero-order chi connectivity index (χ0) is 18.6. The summed E-state index contributed by atoms with van der Waals surface area (Å²) < 4.78 is 0. The van der Waals surface area contributed by atoms with E-state index in [-0.39, 0.29) is 0 Å². The van der Waals surface area contributed by atoms with E-state index in [0.717, 1.165) is 29.7 Å². The Kier molecular flexibility index (Phi) is 6.42. The minimum atomic E-state index is 0.654. The number of nitrogens with zero attached hydrogens (tertiary/aromatic N) is 1. The summed E-state index contributed by atoms with van der Waals surface area (Å²) in [7, 11) is 0. The summed E-state index contributed by atoms with van der Waals surface area (Å²) in [4.78, 5) is 2.91. The quantitative estimate of drug-likeness (QED) is 0.666. The normalized spacial score (nSPS) is 37.6. The maximum Gasteiger partial charge on any atom is 0.0342 e. The first-order chi connectivity index (χ1) is 13.2. The lowest BCUT2D eigenvalue weighted by Gasteiger charge is -2.36. The molecule has 6 atom stereocenters. The maximum absolute atomic E-state index is 3.86. The first-order valence-corrected chi connectivity index (χ1v) is 11.7. The Balaban J connectivity index is 1.36. The Hall–Kier alpha value is -1.02. The molecule has 2 bridgehead atoms. The molecule has 2 saturated heterocycles. The topological polar surface area (TPSA) is 15.3 Å². The molecule has 27 heavy (non-hydrogen) atoms. The van der Waals surface area contributed by atoms with Gasteiger partial charge in [0.1, 0.15) is 0 Å². The fraction of sp³-hybridized carbons (Fsp3) is 0.760. The lowest BCUT2D eigenvalue weighted by Crippen LogP contribution is -2.38. The van der Waals surface area contributed by atoms with Crippen LogP contribution in [0, 0.1) is 23.7 Å². The SMILES string of the molecule is CC1CCC(C)C(CCN2CC3CCCC2CC(Nc2ccccc2)C3)C1. The molecule has 1 aliphatic carbocycles. The monoisotopic (exact) mass is 368 g/mol. The Morgan fingerprint density at radius 3 is 2.67 bits per heavy atom. The predicted octanol–water partition coefficient (Wildman–Crippen LogP) is 6.19. The Morgan fingerprint density at radius 1 is 0.963 bits per heavy atom. The molecule has 4 rings (SSSR count). The molecule has 0 radical (unpaired) electrons. The molecule has 0 amide bonds. The van der Waals surface area contributed by atoms with Gasteiger partial charge in [0.2, 0.25) is 0 Å². The summed E-state index contributed by atoms with van der Waals surface area (Å²) >= 11 is 0. The molecule has 2 aliphatic heterocycles. The molecular formula is C25H40N2. The van der Waals surface area contributed by atoms with Crippen molar-refractivity contribution in [3.05, 3.63) is 30.3 Å². The number of nitrogens with one attached hydrogen (secondary N) is 1. The number of para-hydroxylation sites is 1. The highest BCUT2D eigenvalue weighted by Crippen LogP contribution is 2.37. The first-order valence-electron chi connectivity index (χ1n) is 11.7. The molecule has 6 unspecified atom stereocenters. The smallest absolute Gasteiger partial charge is 0.0342 e. The van der Waals surface area contributed by atoms with Gasteiger partial charge in [-0.25, -0.2) is 0 Å². The second-order valence-electron chi connectivity index (χ2n) is 10.1. The summed E-state index contributed by atoms with van der Waals surface area (Å²) in [6.07, 6.45) is 12.8. The van der Waals surface area contributed by atoms with Gasteiger partial charge in [0.05, 0.1) is 0 Å². The molecule has 2 heteroatoms. The van der Waals surface area contributed by atoms with Crippen LogP contribution in [0.5, 0.6) is 0 Å². The van der Waals surface area contributed by atoms with Crippen LogP contribution in [-0.4, -0.2) is 30.1 Å². The molecule has 1 N–H and O–H groups in total. The van der Waals surface area contributed by atoms with Crippen LogP contribution in [0.3, 0.4) is 0 Å². The van der Waals surface area contributed by atoms with E-state index < -0.39 is 0 Å². The second kappa shape index (κ2) is 8.99. The van der Waals surface area contributed by atoms with Crippen molar-refractivity contribution < 1.29 is 0 Å². The predicted molar refractivity (Wildman–Crippen MR) is 116 cm³/mol. The van der Waals surface area contributed by atoms with Gasteiger partial charge in [-0.15, -0.1) is 0 Å². The van der Waals surface area contributed by atoms with Crippen molar-refractivity contribution in [3.8, 4) is 0 Å². The van der Waals surface area contributed by atoms with E-state index in [4.69, 9.17) is 0 Å². The van der Waals surface area contributed by atoms with Crippen molar-refractivity contribution >= 4 is 5.69 Å². The highest BCUT2D eigenvalue weighted by molar-refractivity contribution is 5.43. The van der Waals surface area contributed by atoms with Crippen molar-refractivity contribution in [2.24, 2.45) is 23.7 Å². The molecule has 2 heterocycles. The van der Waals surface area contributed by atoms with Gasteiger partial charge in [-0.05, 0) is 80.9 Å². The molecule has 0 aromatic heterocycles. The summed E-state index contributed by atoms with van der Waals surface area (Å²) in [6, 6.07) is 12.3. The number of hydrogen-bond acceptors (Lipinski definition) is 2. The average Bonchev–Trinajstić information content (AvgIpc) is 2.93. The van der Waals surface area contributed by atoms with Crippen molar-refractivity contribution in [2.75, 3.05) is 18.4 Å². The van der Waals surface area contributed by atoms with E-state index in [1.165, 1.54) is 76.6 Å². The zero-order valence-corrected chi connectivity index (χ0v) is 17.6. The number of rotatable bonds is 5. The summed E-state index contributed by atoms with van der Waals surface area (Å²) in [5.74, 6) is 3.76. The first kappa shape index (κ1) is 19.3. The number of benzene rings is 1. The van der Waals surface area contributed by atoms with Gasteiger partial charge >= 0.3 is 0 Å². The van der Waals surface area contributed by atoms with Crippen LogP contribution in [0.4, 0.5) is 5.69 Å².